The minimum atomic E-state index is -1.05. The number of phenols is 1. The molecule has 0 aliphatic carbocycles. The molecule has 0 aromatic heterocycles. The molecule has 4 nitrogen and oxygen atoms in total. The third-order valence-corrected chi connectivity index (χ3v) is 2.22. The molecule has 1 heterocycles. The van der Waals surface area contributed by atoms with Crippen molar-refractivity contribution in [1.82, 2.24) is 0 Å². The number of hydrogen-bond acceptors (Lipinski definition) is 4. The molecule has 0 saturated heterocycles. The van der Waals surface area contributed by atoms with E-state index in [4.69, 9.17) is 10.4 Å². The number of fused-ring (bicyclic) bond motifs is 1. The molecule has 1 aromatic carbocycles. The number of rotatable bonds is 1. The second-order valence-corrected chi connectivity index (χ2v) is 2.99. The first kappa shape index (κ1) is 11.3. The maximum absolute atomic E-state index is 9.43. The van der Waals surface area contributed by atoms with Crippen molar-refractivity contribution in [2.45, 2.75) is 6.10 Å². The minimum absolute atomic E-state index is 0. The van der Waals surface area contributed by atoms with E-state index in [0.717, 1.165) is 5.56 Å². The first-order valence-corrected chi connectivity index (χ1v) is 4.09. The van der Waals surface area contributed by atoms with Crippen LogP contribution < -0.4 is 11.2 Å². The number of benzene rings is 1. The summed E-state index contributed by atoms with van der Waals surface area (Å²) >= 11 is 0. The van der Waals surface area contributed by atoms with Crippen LogP contribution in [-0.4, -0.2) is 23.8 Å². The maximum Gasteiger partial charge on any atom is 0.495 e. The van der Waals surface area contributed by atoms with Crippen LogP contribution >= 0.6 is 12.4 Å². The Balaban J connectivity index is 0.000000980. The van der Waals surface area contributed by atoms with Crippen LogP contribution in [0.2, 0.25) is 0 Å². The third kappa shape index (κ3) is 1.59. The Morgan fingerprint density at radius 3 is 2.86 bits per heavy atom. The highest BCUT2D eigenvalue weighted by Crippen LogP contribution is 2.25. The van der Waals surface area contributed by atoms with Gasteiger partial charge in [-0.25, -0.2) is 0 Å². The van der Waals surface area contributed by atoms with Crippen LogP contribution in [0.5, 0.6) is 5.75 Å². The van der Waals surface area contributed by atoms with Gasteiger partial charge >= 0.3 is 7.12 Å². The summed E-state index contributed by atoms with van der Waals surface area (Å²) in [6, 6.07) is 5.02. The molecule has 0 fully saturated rings. The van der Waals surface area contributed by atoms with Crippen LogP contribution in [0.1, 0.15) is 11.7 Å². The molecule has 4 N–H and O–H groups in total. The van der Waals surface area contributed by atoms with Crippen LogP contribution in [-0.2, 0) is 4.65 Å². The summed E-state index contributed by atoms with van der Waals surface area (Å²) in [5.41, 5.74) is 6.66. The Kier molecular flexibility index (Phi) is 3.39. The molecule has 6 heteroatoms. The fourth-order valence-corrected chi connectivity index (χ4v) is 1.60. The molecule has 0 bridgehead atoms. The van der Waals surface area contributed by atoms with Gasteiger partial charge in [-0.1, -0.05) is 12.1 Å². The average molecular weight is 215 g/mol. The molecule has 0 spiro atoms. The molecule has 0 amide bonds. The first-order valence-electron chi connectivity index (χ1n) is 4.09. The first-order chi connectivity index (χ1) is 6.24. The largest absolute Gasteiger partial charge is 0.508 e. The number of nitrogens with two attached hydrogens (primary N) is 1. The van der Waals surface area contributed by atoms with Crippen LogP contribution in [0.25, 0.3) is 0 Å². The van der Waals surface area contributed by atoms with E-state index in [9.17, 15) is 10.1 Å². The fraction of sp³-hybridized carbons (Fsp3) is 0.250. The lowest BCUT2D eigenvalue weighted by molar-refractivity contribution is 0.198. The number of phenolic OH excluding ortho intramolecular Hbond substituents is 1. The van der Waals surface area contributed by atoms with Crippen molar-refractivity contribution < 1.29 is 14.8 Å². The van der Waals surface area contributed by atoms with Crippen molar-refractivity contribution in [3.8, 4) is 5.75 Å². The summed E-state index contributed by atoms with van der Waals surface area (Å²) in [7, 11) is -1.05. The van der Waals surface area contributed by atoms with E-state index < -0.39 is 7.12 Å². The average Bonchev–Trinajstić information content (AvgIpc) is 2.44. The van der Waals surface area contributed by atoms with Crippen LogP contribution in [0, 0.1) is 0 Å². The lowest BCUT2D eigenvalue weighted by Crippen LogP contribution is -2.28. The standard InChI is InChI=1S/C8H10BNO3.ClH/c10-4-7-5-2-1-3-6(11)8(5)9(12)13-7;/h1-3,7,11-12H,4,10H2;1H. The number of hydrogen-bond donors (Lipinski definition) is 3. The predicted octanol–water partition coefficient (Wildman–Crippen LogP) is -0.469. The van der Waals surface area contributed by atoms with E-state index >= 15 is 0 Å². The van der Waals surface area contributed by atoms with Crippen molar-refractivity contribution in [3.63, 3.8) is 0 Å². The summed E-state index contributed by atoms with van der Waals surface area (Å²) in [4.78, 5) is 0. The summed E-state index contributed by atoms with van der Waals surface area (Å²) in [6.07, 6.45) is -0.308. The zero-order valence-corrected chi connectivity index (χ0v) is 8.20. The fourth-order valence-electron chi connectivity index (χ4n) is 1.60. The third-order valence-electron chi connectivity index (χ3n) is 2.22. The number of aromatic hydroxyl groups is 1. The lowest BCUT2D eigenvalue weighted by Gasteiger charge is -2.07. The molecular weight excluding hydrogens is 204 g/mol. The molecule has 2 rings (SSSR count). The van der Waals surface area contributed by atoms with E-state index in [0.29, 0.717) is 12.0 Å². The zero-order chi connectivity index (χ0) is 9.42. The van der Waals surface area contributed by atoms with Crippen LogP contribution in [0.4, 0.5) is 0 Å². The van der Waals surface area contributed by atoms with Gasteiger partial charge in [0.15, 0.2) is 0 Å². The second kappa shape index (κ2) is 4.19. The molecule has 1 atom stereocenters. The van der Waals surface area contributed by atoms with Gasteiger partial charge in [-0.2, -0.15) is 0 Å². The summed E-state index contributed by atoms with van der Waals surface area (Å²) in [5.74, 6) is 0.0564. The Hall–Kier alpha value is -0.745. The molecule has 1 aromatic rings. The van der Waals surface area contributed by atoms with Crippen LogP contribution in [0.15, 0.2) is 18.2 Å². The Bertz CT molecular complexity index is 336. The topological polar surface area (TPSA) is 75.7 Å². The van der Waals surface area contributed by atoms with Crippen molar-refractivity contribution in [1.29, 1.82) is 0 Å². The van der Waals surface area contributed by atoms with E-state index in [1.807, 2.05) is 0 Å². The zero-order valence-electron chi connectivity index (χ0n) is 7.38. The van der Waals surface area contributed by atoms with Crippen LogP contribution in [0.3, 0.4) is 0 Å². The predicted molar refractivity (Wildman–Crippen MR) is 55.8 cm³/mol. The molecule has 14 heavy (non-hydrogen) atoms. The quantitative estimate of drug-likeness (QED) is 0.554. The van der Waals surface area contributed by atoms with Gasteiger partial charge in [0.05, 0.1) is 6.10 Å². The smallest absolute Gasteiger partial charge is 0.495 e. The summed E-state index contributed by atoms with van der Waals surface area (Å²) in [6.45, 7) is 0.299. The van der Waals surface area contributed by atoms with Gasteiger partial charge in [-0.05, 0) is 11.6 Å². The minimum Gasteiger partial charge on any atom is -0.508 e. The highest BCUT2D eigenvalue weighted by Gasteiger charge is 2.36. The van der Waals surface area contributed by atoms with Crippen molar-refractivity contribution >= 4 is 25.0 Å². The Morgan fingerprint density at radius 1 is 1.50 bits per heavy atom. The summed E-state index contributed by atoms with van der Waals surface area (Å²) < 4.78 is 5.13. The van der Waals surface area contributed by atoms with Gasteiger partial charge in [-0.3, -0.25) is 0 Å². The molecule has 1 unspecified atom stereocenters. The number of halogens is 1. The van der Waals surface area contributed by atoms with Crippen molar-refractivity contribution in [2.75, 3.05) is 6.54 Å². The Morgan fingerprint density at radius 2 is 2.21 bits per heavy atom. The van der Waals surface area contributed by atoms with Gasteiger partial charge < -0.3 is 20.5 Å². The van der Waals surface area contributed by atoms with E-state index in [1.165, 1.54) is 6.07 Å². The van der Waals surface area contributed by atoms with Crippen molar-refractivity contribution in [2.24, 2.45) is 5.73 Å². The molecule has 1 aliphatic rings. The molecule has 0 saturated carbocycles. The van der Waals surface area contributed by atoms with Gasteiger partial charge in [0.25, 0.3) is 0 Å². The second-order valence-electron chi connectivity index (χ2n) is 2.99. The Labute approximate surface area is 88.2 Å². The molecular formula is C8H11BClNO3. The SMILES string of the molecule is Cl.NCC1OB(O)c2c(O)cccc21. The van der Waals surface area contributed by atoms with E-state index in [1.54, 1.807) is 12.1 Å². The molecule has 76 valence electrons. The van der Waals surface area contributed by atoms with E-state index in [2.05, 4.69) is 0 Å². The van der Waals surface area contributed by atoms with Gasteiger partial charge in [-0.15, -0.1) is 12.4 Å². The van der Waals surface area contributed by atoms with Crippen molar-refractivity contribution in [3.05, 3.63) is 23.8 Å². The highest BCUT2D eigenvalue weighted by molar-refractivity contribution is 6.62. The lowest BCUT2D eigenvalue weighted by atomic mass is 9.78. The van der Waals surface area contributed by atoms with Gasteiger partial charge in [0.1, 0.15) is 5.75 Å². The normalized spacial score (nSPS) is 19.0. The van der Waals surface area contributed by atoms with Gasteiger partial charge in [0.2, 0.25) is 0 Å². The molecule has 0 radical (unpaired) electrons. The monoisotopic (exact) mass is 215 g/mol. The van der Waals surface area contributed by atoms with Gasteiger partial charge in [0, 0.05) is 12.0 Å². The summed E-state index contributed by atoms with van der Waals surface area (Å²) in [5, 5.41) is 18.9. The molecule has 1 aliphatic heterocycles. The maximum atomic E-state index is 9.43. The van der Waals surface area contributed by atoms with E-state index in [-0.39, 0.29) is 24.3 Å². The highest BCUT2D eigenvalue weighted by atomic mass is 35.5.